The van der Waals surface area contributed by atoms with Crippen LogP contribution in [0.1, 0.15) is 16.7 Å². The van der Waals surface area contributed by atoms with E-state index in [1.54, 1.807) is 30.3 Å². The first-order chi connectivity index (χ1) is 14.9. The van der Waals surface area contributed by atoms with Gasteiger partial charge in [-0.15, -0.1) is 0 Å². The van der Waals surface area contributed by atoms with Crippen molar-refractivity contribution in [2.45, 2.75) is 6.61 Å². The third-order valence-electron chi connectivity index (χ3n) is 4.31. The van der Waals surface area contributed by atoms with E-state index in [9.17, 15) is 4.79 Å². The average Bonchev–Trinajstić information content (AvgIpc) is 3.09. The minimum atomic E-state index is -0.497. The molecule has 8 heteroatoms. The van der Waals surface area contributed by atoms with Crippen molar-refractivity contribution < 1.29 is 14.3 Å². The van der Waals surface area contributed by atoms with Crippen molar-refractivity contribution in [2.24, 2.45) is 4.99 Å². The fourth-order valence-electron chi connectivity index (χ4n) is 2.85. The fraction of sp³-hybridized carbons (Fsp3) is 0.0435. The van der Waals surface area contributed by atoms with Crippen LogP contribution in [-0.2, 0) is 16.1 Å². The van der Waals surface area contributed by atoms with Gasteiger partial charge in [-0.2, -0.15) is 0 Å². The molecule has 1 aliphatic heterocycles. The van der Waals surface area contributed by atoms with Crippen LogP contribution in [0, 0.1) is 7.14 Å². The van der Waals surface area contributed by atoms with Crippen LogP contribution in [0.2, 0.25) is 10.0 Å². The van der Waals surface area contributed by atoms with Gasteiger partial charge in [0, 0.05) is 15.6 Å². The molecule has 0 unspecified atom stereocenters. The highest BCUT2D eigenvalue weighted by molar-refractivity contribution is 14.1. The summed E-state index contributed by atoms with van der Waals surface area (Å²) in [5, 5.41) is 1.24. The molecule has 0 spiro atoms. The summed E-state index contributed by atoms with van der Waals surface area (Å²) >= 11 is 16.4. The van der Waals surface area contributed by atoms with Crippen LogP contribution in [0.3, 0.4) is 0 Å². The highest BCUT2D eigenvalue weighted by Gasteiger charge is 2.24. The molecule has 0 amide bonds. The number of hydrogen-bond donors (Lipinski definition) is 0. The number of halogens is 4. The highest BCUT2D eigenvalue weighted by Crippen LogP contribution is 2.31. The second-order valence-corrected chi connectivity index (χ2v) is 9.77. The van der Waals surface area contributed by atoms with Gasteiger partial charge < -0.3 is 9.47 Å². The summed E-state index contributed by atoms with van der Waals surface area (Å²) in [5.74, 6) is 0.532. The summed E-state index contributed by atoms with van der Waals surface area (Å²) in [6.45, 7) is 0.434. The Hall–Kier alpha value is -1.62. The third-order valence-corrected chi connectivity index (χ3v) is 6.40. The molecule has 0 atom stereocenters. The van der Waals surface area contributed by atoms with E-state index < -0.39 is 5.97 Å². The van der Waals surface area contributed by atoms with Crippen LogP contribution in [0.5, 0.6) is 5.75 Å². The Morgan fingerprint density at radius 3 is 2.35 bits per heavy atom. The fourth-order valence-corrected chi connectivity index (χ4v) is 5.29. The minimum absolute atomic E-state index is 0.233. The molecular formula is C23H13Cl2I2NO3. The van der Waals surface area contributed by atoms with E-state index in [1.807, 2.05) is 36.4 Å². The molecule has 1 heterocycles. The van der Waals surface area contributed by atoms with Crippen LogP contribution >= 0.6 is 68.4 Å². The van der Waals surface area contributed by atoms with E-state index >= 15 is 0 Å². The molecule has 1 aliphatic rings. The number of aliphatic imine (C=N–C) groups is 1. The van der Waals surface area contributed by atoms with Gasteiger partial charge in [-0.1, -0.05) is 41.4 Å². The van der Waals surface area contributed by atoms with Crippen LogP contribution in [-0.4, -0.2) is 11.9 Å². The Morgan fingerprint density at radius 1 is 0.968 bits per heavy atom. The smallest absolute Gasteiger partial charge is 0.363 e. The number of rotatable bonds is 5. The van der Waals surface area contributed by atoms with Gasteiger partial charge in [0.2, 0.25) is 5.90 Å². The SMILES string of the molecule is O=C1OC(c2cccc(Cl)c2)=N/C1=C\c1cc(I)c(OCc2ccc(Cl)cc2)c(I)c1. The van der Waals surface area contributed by atoms with E-state index in [0.29, 0.717) is 22.2 Å². The molecule has 0 saturated heterocycles. The number of esters is 1. The summed E-state index contributed by atoms with van der Waals surface area (Å²) in [4.78, 5) is 16.6. The van der Waals surface area contributed by atoms with E-state index in [2.05, 4.69) is 50.2 Å². The largest absolute Gasteiger partial charge is 0.487 e. The molecule has 156 valence electrons. The van der Waals surface area contributed by atoms with Gasteiger partial charge in [-0.3, -0.25) is 0 Å². The molecule has 4 nitrogen and oxygen atoms in total. The molecule has 0 fully saturated rings. The number of nitrogens with zero attached hydrogens (tertiary/aromatic N) is 1. The molecule has 0 bridgehead atoms. The predicted molar refractivity (Wildman–Crippen MR) is 140 cm³/mol. The van der Waals surface area contributed by atoms with Crippen LogP contribution in [0.15, 0.2) is 71.4 Å². The highest BCUT2D eigenvalue weighted by atomic mass is 127. The van der Waals surface area contributed by atoms with Crippen molar-refractivity contribution in [3.63, 3.8) is 0 Å². The zero-order chi connectivity index (χ0) is 22.0. The minimum Gasteiger partial charge on any atom is -0.487 e. The lowest BCUT2D eigenvalue weighted by Gasteiger charge is -2.11. The number of benzene rings is 3. The van der Waals surface area contributed by atoms with E-state index in [-0.39, 0.29) is 11.6 Å². The maximum absolute atomic E-state index is 12.3. The van der Waals surface area contributed by atoms with Crippen LogP contribution in [0.25, 0.3) is 6.08 Å². The Balaban J connectivity index is 1.55. The summed E-state index contributed by atoms with van der Waals surface area (Å²) in [7, 11) is 0. The molecule has 3 aromatic rings. The first kappa shape index (κ1) is 22.6. The summed E-state index contributed by atoms with van der Waals surface area (Å²) < 4.78 is 13.2. The van der Waals surface area contributed by atoms with Crippen molar-refractivity contribution in [1.82, 2.24) is 0 Å². The maximum atomic E-state index is 12.3. The second-order valence-electron chi connectivity index (χ2n) is 6.58. The molecule has 0 aliphatic carbocycles. The Morgan fingerprint density at radius 2 is 1.68 bits per heavy atom. The summed E-state index contributed by atoms with van der Waals surface area (Å²) in [5.41, 5.74) is 2.74. The van der Waals surface area contributed by atoms with Crippen LogP contribution in [0.4, 0.5) is 0 Å². The monoisotopic (exact) mass is 675 g/mol. The lowest BCUT2D eigenvalue weighted by molar-refractivity contribution is -0.129. The molecule has 0 N–H and O–H groups in total. The topological polar surface area (TPSA) is 47.9 Å². The van der Waals surface area contributed by atoms with Crippen molar-refractivity contribution in [3.8, 4) is 5.75 Å². The standard InChI is InChI=1S/C23H13Cl2I2NO3/c24-16-6-4-13(5-7-16)12-30-21-18(26)8-14(9-19(21)27)10-20-23(29)31-22(28-20)15-2-1-3-17(25)11-15/h1-11H,12H2/b20-10-. The number of ether oxygens (including phenoxy) is 2. The van der Waals surface area contributed by atoms with Gasteiger partial charge in [-0.05, 0) is 105 Å². The third kappa shape index (κ3) is 5.60. The lowest BCUT2D eigenvalue weighted by atomic mass is 10.2. The molecular weight excluding hydrogens is 663 g/mol. The van der Waals surface area contributed by atoms with Gasteiger partial charge in [0.05, 0.1) is 7.14 Å². The Kier molecular flexibility index (Phi) is 7.20. The van der Waals surface area contributed by atoms with Gasteiger partial charge in [-0.25, -0.2) is 9.79 Å². The molecule has 0 radical (unpaired) electrons. The Bertz CT molecular complexity index is 1200. The maximum Gasteiger partial charge on any atom is 0.363 e. The number of cyclic esters (lactones) is 1. The summed E-state index contributed by atoms with van der Waals surface area (Å²) in [6.07, 6.45) is 1.70. The second kappa shape index (κ2) is 9.89. The molecule has 0 aromatic heterocycles. The van der Waals surface area contributed by atoms with E-state index in [4.69, 9.17) is 32.7 Å². The van der Waals surface area contributed by atoms with Gasteiger partial charge in [0.25, 0.3) is 0 Å². The number of hydrogen-bond acceptors (Lipinski definition) is 4. The van der Waals surface area contributed by atoms with Crippen LogP contribution < -0.4 is 4.74 Å². The number of carbonyl (C=O) groups is 1. The van der Waals surface area contributed by atoms with Crippen molar-refractivity contribution in [1.29, 1.82) is 0 Å². The first-order valence-corrected chi connectivity index (χ1v) is 12.0. The molecule has 0 saturated carbocycles. The zero-order valence-electron chi connectivity index (χ0n) is 15.7. The predicted octanol–water partition coefficient (Wildman–Crippen LogP) is 7.13. The van der Waals surface area contributed by atoms with Gasteiger partial charge in [0.15, 0.2) is 5.70 Å². The first-order valence-electron chi connectivity index (χ1n) is 9.04. The van der Waals surface area contributed by atoms with E-state index in [0.717, 1.165) is 24.0 Å². The Labute approximate surface area is 216 Å². The molecule has 3 aromatic carbocycles. The van der Waals surface area contributed by atoms with Crippen molar-refractivity contribution >= 4 is 86.3 Å². The normalized spacial score (nSPS) is 14.5. The lowest BCUT2D eigenvalue weighted by Crippen LogP contribution is -2.05. The quantitative estimate of drug-likeness (QED) is 0.164. The van der Waals surface area contributed by atoms with E-state index in [1.165, 1.54) is 0 Å². The van der Waals surface area contributed by atoms with Gasteiger partial charge in [0.1, 0.15) is 12.4 Å². The zero-order valence-corrected chi connectivity index (χ0v) is 21.6. The average molecular weight is 676 g/mol. The molecule has 31 heavy (non-hydrogen) atoms. The summed E-state index contributed by atoms with van der Waals surface area (Å²) in [6, 6.07) is 18.4. The van der Waals surface area contributed by atoms with Crippen molar-refractivity contribution in [3.05, 3.63) is 100 Å². The van der Waals surface area contributed by atoms with Crippen molar-refractivity contribution in [2.75, 3.05) is 0 Å². The number of carbonyl (C=O) groups excluding carboxylic acids is 1. The van der Waals surface area contributed by atoms with Gasteiger partial charge >= 0.3 is 5.97 Å². The molecule has 4 rings (SSSR count).